The van der Waals surface area contributed by atoms with Gasteiger partial charge in [0.25, 0.3) is 0 Å². The third kappa shape index (κ3) is 11.2. The Morgan fingerprint density at radius 2 is 1.71 bits per heavy atom. The van der Waals surface area contributed by atoms with Crippen LogP contribution in [0.3, 0.4) is 0 Å². The minimum absolute atomic E-state index is 1.06. The highest BCUT2D eigenvalue weighted by molar-refractivity contribution is 7.99. The van der Waals surface area contributed by atoms with E-state index in [1.807, 2.05) is 25.6 Å². The lowest BCUT2D eigenvalue weighted by atomic mass is 10.2. The van der Waals surface area contributed by atoms with Crippen LogP contribution >= 0.6 is 11.8 Å². The summed E-state index contributed by atoms with van der Waals surface area (Å²) in [5.74, 6) is 1.06. The summed E-state index contributed by atoms with van der Waals surface area (Å²) in [4.78, 5) is 1.39. The van der Waals surface area contributed by atoms with Crippen LogP contribution in [0.25, 0.3) is 0 Å². The quantitative estimate of drug-likeness (QED) is 0.314. The third-order valence-electron chi connectivity index (χ3n) is 2.43. The van der Waals surface area contributed by atoms with Crippen molar-refractivity contribution in [1.29, 1.82) is 0 Å². The number of hydrogen-bond acceptors (Lipinski definition) is 1. The Labute approximate surface area is 137 Å². The Balaban J connectivity index is 0. The lowest BCUT2D eigenvalue weighted by molar-refractivity contribution is 1.19. The van der Waals surface area contributed by atoms with Gasteiger partial charge in [-0.3, -0.25) is 0 Å². The summed E-state index contributed by atoms with van der Waals surface area (Å²) in [6.45, 7) is 18.7. The van der Waals surface area contributed by atoms with Crippen LogP contribution in [0, 0.1) is 6.92 Å². The van der Waals surface area contributed by atoms with Crippen molar-refractivity contribution in [2.24, 2.45) is 0 Å². The highest BCUT2D eigenvalue weighted by Crippen LogP contribution is 2.24. The number of hydrogen-bond donors (Lipinski definition) is 0. The number of allylic oxidation sites excluding steroid dienone is 3. The van der Waals surface area contributed by atoms with Gasteiger partial charge in [0, 0.05) is 10.6 Å². The second-order valence-electron chi connectivity index (χ2n) is 4.46. The molecule has 0 nitrogen and oxygen atoms in total. The zero-order valence-corrected chi connectivity index (χ0v) is 15.5. The maximum atomic E-state index is 3.00. The fourth-order valence-corrected chi connectivity index (χ4v) is 2.67. The molecule has 0 N–H and O–H groups in total. The van der Waals surface area contributed by atoms with Crippen LogP contribution in [0.5, 0.6) is 0 Å². The lowest BCUT2D eigenvalue weighted by Gasteiger charge is -2.06. The first-order valence-electron chi connectivity index (χ1n) is 7.66. The molecule has 0 fully saturated rings. The molecule has 0 spiro atoms. The molecule has 0 bridgehead atoms. The summed E-state index contributed by atoms with van der Waals surface area (Å²) in [6.07, 6.45) is 5.71. The van der Waals surface area contributed by atoms with E-state index in [4.69, 9.17) is 0 Å². The van der Waals surface area contributed by atoms with E-state index < -0.39 is 0 Å². The predicted octanol–water partition coefficient (Wildman–Crippen LogP) is 7.22. The summed E-state index contributed by atoms with van der Waals surface area (Å²) < 4.78 is 0. The van der Waals surface area contributed by atoms with Gasteiger partial charge in [0.1, 0.15) is 0 Å². The maximum absolute atomic E-state index is 3.00. The first kappa shape index (κ1) is 22.1. The van der Waals surface area contributed by atoms with E-state index in [0.29, 0.717) is 0 Å². The number of benzene rings is 1. The van der Waals surface area contributed by atoms with Crippen LogP contribution in [-0.2, 0) is 0 Å². The molecule has 0 aliphatic carbocycles. The van der Waals surface area contributed by atoms with Gasteiger partial charge in [0.2, 0.25) is 0 Å². The monoisotopic (exact) mass is 304 g/mol. The molecule has 1 heteroatoms. The highest BCUT2D eigenvalue weighted by atomic mass is 32.2. The number of thioether (sulfide) groups is 1. The van der Waals surface area contributed by atoms with Gasteiger partial charge in [-0.1, -0.05) is 56.7 Å². The van der Waals surface area contributed by atoms with Crippen LogP contribution in [0.2, 0.25) is 0 Å². The van der Waals surface area contributed by atoms with Gasteiger partial charge < -0.3 is 0 Å². The van der Waals surface area contributed by atoms with Crippen LogP contribution in [0.4, 0.5) is 0 Å². The Morgan fingerprint density at radius 3 is 2.19 bits per heavy atom. The molecule has 0 aromatic heterocycles. The summed E-state index contributed by atoms with van der Waals surface area (Å²) in [6, 6.07) is 8.58. The van der Waals surface area contributed by atoms with Gasteiger partial charge in [-0.2, -0.15) is 0 Å². The van der Waals surface area contributed by atoms with Crippen LogP contribution in [0.15, 0.2) is 65.6 Å². The third-order valence-corrected chi connectivity index (χ3v) is 3.68. The summed E-state index contributed by atoms with van der Waals surface area (Å²) in [7, 11) is 0. The molecule has 1 aromatic carbocycles. The molecule has 0 saturated heterocycles. The van der Waals surface area contributed by atoms with Gasteiger partial charge in [-0.25, -0.2) is 0 Å². The smallest absolute Gasteiger partial charge is 0.0228 e. The zero-order chi connectivity index (χ0) is 16.7. The van der Waals surface area contributed by atoms with E-state index in [9.17, 15) is 0 Å². The second kappa shape index (κ2) is 15.2. The molecular weight excluding hydrogens is 272 g/mol. The van der Waals surface area contributed by atoms with Crippen LogP contribution in [-0.4, -0.2) is 5.75 Å². The van der Waals surface area contributed by atoms with E-state index in [0.717, 1.165) is 12.2 Å². The summed E-state index contributed by atoms with van der Waals surface area (Å²) in [5, 5.41) is 0. The van der Waals surface area contributed by atoms with Gasteiger partial charge >= 0.3 is 0 Å². The molecule has 0 amide bonds. The van der Waals surface area contributed by atoms with E-state index in [1.165, 1.54) is 21.6 Å². The molecule has 21 heavy (non-hydrogen) atoms. The molecule has 118 valence electrons. The Bertz CT molecular complexity index is 423. The van der Waals surface area contributed by atoms with Crippen molar-refractivity contribution in [2.75, 3.05) is 5.75 Å². The molecule has 0 atom stereocenters. The molecule has 0 aliphatic rings. The van der Waals surface area contributed by atoms with Crippen LogP contribution in [0.1, 0.15) is 46.6 Å². The van der Waals surface area contributed by atoms with Gasteiger partial charge in [0.15, 0.2) is 0 Å². The lowest BCUT2D eigenvalue weighted by Crippen LogP contribution is -1.87. The van der Waals surface area contributed by atoms with Crippen molar-refractivity contribution in [1.82, 2.24) is 0 Å². The molecule has 0 heterocycles. The van der Waals surface area contributed by atoms with Crippen molar-refractivity contribution in [3.05, 3.63) is 66.3 Å². The van der Waals surface area contributed by atoms with Crippen molar-refractivity contribution in [2.45, 2.75) is 52.9 Å². The summed E-state index contributed by atoms with van der Waals surface area (Å²) >= 11 is 1.92. The Hall–Kier alpha value is -1.21. The average molecular weight is 305 g/mol. The number of rotatable bonds is 5. The van der Waals surface area contributed by atoms with Crippen LogP contribution < -0.4 is 0 Å². The molecule has 1 aromatic rings. The molecule has 0 radical (unpaired) electrons. The zero-order valence-electron chi connectivity index (χ0n) is 14.7. The van der Waals surface area contributed by atoms with Crippen molar-refractivity contribution in [3.8, 4) is 0 Å². The molecule has 0 unspecified atom stereocenters. The van der Waals surface area contributed by atoms with Crippen molar-refractivity contribution >= 4 is 11.8 Å². The Morgan fingerprint density at radius 1 is 1.14 bits per heavy atom. The maximum Gasteiger partial charge on any atom is 0.0228 e. The molecule has 1 rings (SSSR count). The van der Waals surface area contributed by atoms with Gasteiger partial charge in [-0.05, 0) is 44.4 Å². The molecular formula is C20H32S. The first-order chi connectivity index (χ1) is 10.1. The van der Waals surface area contributed by atoms with E-state index >= 15 is 0 Å². The van der Waals surface area contributed by atoms with E-state index in [2.05, 4.69) is 77.3 Å². The standard InChI is InChI=1S/C16H22S.C2H6.C2H4/c1-5-8-15(11-13(2)3)12-17-16-10-7-6-9-14(16)4;2*1-2/h6-11H,5,12H2,1-4H3;1-2H3;1-2H2/b15-8+;;. The normalized spacial score (nSPS) is 9.71. The summed E-state index contributed by atoms with van der Waals surface area (Å²) in [5.41, 5.74) is 4.17. The minimum Gasteiger partial charge on any atom is -0.121 e. The predicted molar refractivity (Wildman–Crippen MR) is 102 cm³/mol. The fourth-order valence-electron chi connectivity index (χ4n) is 1.67. The van der Waals surface area contributed by atoms with Crippen molar-refractivity contribution < 1.29 is 0 Å². The second-order valence-corrected chi connectivity index (χ2v) is 5.48. The van der Waals surface area contributed by atoms with E-state index in [1.54, 1.807) is 0 Å². The largest absolute Gasteiger partial charge is 0.121 e. The topological polar surface area (TPSA) is 0 Å². The Kier molecular flexibility index (Phi) is 16.0. The SMILES string of the molecule is C=C.CC.CC/C=C(\C=C(C)C)CSc1ccccc1C. The average Bonchev–Trinajstić information content (AvgIpc) is 2.50. The van der Waals surface area contributed by atoms with Crippen molar-refractivity contribution in [3.63, 3.8) is 0 Å². The number of aryl methyl sites for hydroxylation is 1. The van der Waals surface area contributed by atoms with Gasteiger partial charge in [-0.15, -0.1) is 24.9 Å². The molecule has 0 aliphatic heterocycles. The molecule has 0 saturated carbocycles. The van der Waals surface area contributed by atoms with E-state index in [-0.39, 0.29) is 0 Å². The highest BCUT2D eigenvalue weighted by Gasteiger charge is 1.99. The first-order valence-corrected chi connectivity index (χ1v) is 8.64. The minimum atomic E-state index is 1.06. The fraction of sp³-hybridized carbons (Fsp3) is 0.400. The van der Waals surface area contributed by atoms with Gasteiger partial charge in [0.05, 0.1) is 0 Å².